The Hall–Kier alpha value is -1.65. The van der Waals surface area contributed by atoms with Crippen LogP contribution in [0.2, 0.25) is 0 Å². The molecule has 0 unspecified atom stereocenters. The Morgan fingerprint density at radius 2 is 2.35 bits per heavy atom. The minimum atomic E-state index is -0.132. The molecule has 0 saturated carbocycles. The van der Waals surface area contributed by atoms with Gasteiger partial charge in [0.2, 0.25) is 5.82 Å². The lowest BCUT2D eigenvalue weighted by molar-refractivity contribution is 0.0782. The van der Waals surface area contributed by atoms with Gasteiger partial charge in [-0.05, 0) is 19.3 Å². The van der Waals surface area contributed by atoms with E-state index in [-0.39, 0.29) is 11.7 Å². The normalized spacial score (nSPS) is 10.2. The predicted octanol–water partition coefficient (Wildman–Crippen LogP) is 1.80. The number of allylic oxidation sites excluding steroid dienone is 1. The summed E-state index contributed by atoms with van der Waals surface area (Å²) in [5.74, 6) is 0.901. The topological polar surface area (TPSA) is 61.9 Å². The average molecular weight is 236 g/mol. The summed E-state index contributed by atoms with van der Waals surface area (Å²) in [5.41, 5.74) is 0. The van der Waals surface area contributed by atoms with Gasteiger partial charge in [-0.2, -0.15) is 0 Å². The van der Waals surface area contributed by atoms with Gasteiger partial charge in [0.25, 0.3) is 5.91 Å². The Kier molecular flexibility index (Phi) is 5.39. The van der Waals surface area contributed by atoms with Gasteiger partial charge in [0.05, 0.1) is 0 Å². The second-order valence-corrected chi connectivity index (χ2v) is 4.01. The SMILES string of the molecule is C=CCCCN(C)C(=O)c1n[nH]c(CCC)n1. The van der Waals surface area contributed by atoms with E-state index in [0.29, 0.717) is 6.54 Å². The van der Waals surface area contributed by atoms with E-state index in [2.05, 4.69) is 28.7 Å². The number of H-pyrrole nitrogens is 1. The Labute approximate surface area is 102 Å². The number of aromatic nitrogens is 3. The van der Waals surface area contributed by atoms with Crippen LogP contribution >= 0.6 is 0 Å². The van der Waals surface area contributed by atoms with Crippen molar-refractivity contribution in [1.29, 1.82) is 0 Å². The Morgan fingerprint density at radius 1 is 1.59 bits per heavy atom. The molecule has 0 atom stereocenters. The Balaban J connectivity index is 2.52. The van der Waals surface area contributed by atoms with Crippen molar-refractivity contribution in [2.45, 2.75) is 32.6 Å². The molecule has 1 aromatic heterocycles. The fraction of sp³-hybridized carbons (Fsp3) is 0.583. The molecule has 5 heteroatoms. The number of amides is 1. The number of unbranched alkanes of at least 4 members (excludes halogenated alkanes) is 1. The molecular formula is C12H20N4O. The van der Waals surface area contributed by atoms with Gasteiger partial charge in [-0.3, -0.25) is 9.89 Å². The highest BCUT2D eigenvalue weighted by Crippen LogP contribution is 2.02. The van der Waals surface area contributed by atoms with Crippen LogP contribution in [0.15, 0.2) is 12.7 Å². The van der Waals surface area contributed by atoms with E-state index in [9.17, 15) is 4.79 Å². The maximum Gasteiger partial charge on any atom is 0.293 e. The van der Waals surface area contributed by atoms with Crippen molar-refractivity contribution in [3.8, 4) is 0 Å². The largest absolute Gasteiger partial charge is 0.339 e. The van der Waals surface area contributed by atoms with E-state index in [1.807, 2.05) is 6.08 Å². The molecule has 17 heavy (non-hydrogen) atoms. The van der Waals surface area contributed by atoms with Crippen LogP contribution in [0.4, 0.5) is 0 Å². The zero-order valence-electron chi connectivity index (χ0n) is 10.6. The second-order valence-electron chi connectivity index (χ2n) is 4.01. The maximum absolute atomic E-state index is 11.9. The maximum atomic E-state index is 11.9. The fourth-order valence-corrected chi connectivity index (χ4v) is 1.48. The molecule has 0 aliphatic carbocycles. The van der Waals surface area contributed by atoms with Crippen LogP contribution in [0.1, 0.15) is 42.6 Å². The molecule has 94 valence electrons. The summed E-state index contributed by atoms with van der Waals surface area (Å²) >= 11 is 0. The Morgan fingerprint density at radius 3 is 3.00 bits per heavy atom. The summed E-state index contributed by atoms with van der Waals surface area (Å²) in [7, 11) is 1.77. The summed E-state index contributed by atoms with van der Waals surface area (Å²) in [6.45, 7) is 6.41. The van der Waals surface area contributed by atoms with Gasteiger partial charge >= 0.3 is 0 Å². The molecule has 0 fully saturated rings. The molecule has 0 spiro atoms. The number of hydrogen-bond acceptors (Lipinski definition) is 3. The molecule has 0 aliphatic heterocycles. The van der Waals surface area contributed by atoms with Crippen LogP contribution < -0.4 is 0 Å². The lowest BCUT2D eigenvalue weighted by Gasteiger charge is -2.14. The van der Waals surface area contributed by atoms with Crippen molar-refractivity contribution in [2.75, 3.05) is 13.6 Å². The van der Waals surface area contributed by atoms with E-state index >= 15 is 0 Å². The first-order chi connectivity index (χ1) is 8.19. The fourth-order valence-electron chi connectivity index (χ4n) is 1.48. The van der Waals surface area contributed by atoms with E-state index in [4.69, 9.17) is 0 Å². The summed E-state index contributed by atoms with van der Waals surface area (Å²) < 4.78 is 0. The summed E-state index contributed by atoms with van der Waals surface area (Å²) in [5, 5.41) is 6.72. The van der Waals surface area contributed by atoms with Crippen molar-refractivity contribution in [3.05, 3.63) is 24.3 Å². The van der Waals surface area contributed by atoms with Crippen molar-refractivity contribution >= 4 is 5.91 Å². The molecule has 0 aromatic carbocycles. The molecule has 0 aliphatic rings. The first kappa shape index (κ1) is 13.4. The molecule has 0 radical (unpaired) electrons. The van der Waals surface area contributed by atoms with Gasteiger partial charge in [-0.25, -0.2) is 4.98 Å². The number of carbonyl (C=O) groups is 1. The van der Waals surface area contributed by atoms with Gasteiger partial charge in [-0.1, -0.05) is 13.0 Å². The monoisotopic (exact) mass is 236 g/mol. The van der Waals surface area contributed by atoms with Crippen LogP contribution in [0.5, 0.6) is 0 Å². The van der Waals surface area contributed by atoms with E-state index in [1.165, 1.54) is 0 Å². The smallest absolute Gasteiger partial charge is 0.293 e. The number of carbonyl (C=O) groups excluding carboxylic acids is 1. The zero-order chi connectivity index (χ0) is 12.7. The molecular weight excluding hydrogens is 216 g/mol. The molecule has 1 heterocycles. The highest BCUT2D eigenvalue weighted by molar-refractivity contribution is 5.90. The molecule has 0 saturated heterocycles. The quantitative estimate of drug-likeness (QED) is 0.580. The van der Waals surface area contributed by atoms with Gasteiger partial charge in [0.15, 0.2) is 0 Å². The van der Waals surface area contributed by atoms with Gasteiger partial charge in [0.1, 0.15) is 5.82 Å². The zero-order valence-corrected chi connectivity index (χ0v) is 10.6. The van der Waals surface area contributed by atoms with Crippen molar-refractivity contribution < 1.29 is 4.79 Å². The lowest BCUT2D eigenvalue weighted by Crippen LogP contribution is -2.28. The number of hydrogen-bond donors (Lipinski definition) is 1. The average Bonchev–Trinajstić information content (AvgIpc) is 2.77. The van der Waals surface area contributed by atoms with Crippen LogP contribution in [-0.2, 0) is 6.42 Å². The van der Waals surface area contributed by atoms with Gasteiger partial charge in [-0.15, -0.1) is 11.7 Å². The van der Waals surface area contributed by atoms with Crippen molar-refractivity contribution in [3.63, 3.8) is 0 Å². The van der Waals surface area contributed by atoms with Crippen LogP contribution in [0, 0.1) is 0 Å². The van der Waals surface area contributed by atoms with E-state index < -0.39 is 0 Å². The molecule has 1 rings (SSSR count). The Bertz CT molecular complexity index is 372. The van der Waals surface area contributed by atoms with Crippen LogP contribution in [-0.4, -0.2) is 39.6 Å². The highest BCUT2D eigenvalue weighted by atomic mass is 16.2. The summed E-state index contributed by atoms with van der Waals surface area (Å²) in [6.07, 6.45) is 5.48. The minimum Gasteiger partial charge on any atom is -0.339 e. The van der Waals surface area contributed by atoms with Gasteiger partial charge in [0, 0.05) is 20.0 Å². The molecule has 1 amide bonds. The number of aryl methyl sites for hydroxylation is 1. The first-order valence-corrected chi connectivity index (χ1v) is 5.96. The molecule has 5 nitrogen and oxygen atoms in total. The number of rotatable bonds is 7. The van der Waals surface area contributed by atoms with E-state index in [0.717, 1.165) is 31.5 Å². The van der Waals surface area contributed by atoms with Crippen LogP contribution in [0.25, 0.3) is 0 Å². The molecule has 0 bridgehead atoms. The number of aromatic amines is 1. The predicted molar refractivity (Wildman–Crippen MR) is 66.8 cm³/mol. The van der Waals surface area contributed by atoms with Gasteiger partial charge < -0.3 is 4.90 Å². The third-order valence-corrected chi connectivity index (χ3v) is 2.46. The standard InChI is InChI=1S/C12H20N4O/c1-4-6-7-9-16(3)12(17)11-13-10(8-5-2)14-15-11/h4H,1,5-9H2,2-3H3,(H,13,14,15). The van der Waals surface area contributed by atoms with Crippen molar-refractivity contribution in [1.82, 2.24) is 20.1 Å². The van der Waals surface area contributed by atoms with E-state index in [1.54, 1.807) is 11.9 Å². The third kappa shape index (κ3) is 4.01. The molecule has 1 aromatic rings. The first-order valence-electron chi connectivity index (χ1n) is 5.96. The number of nitrogens with zero attached hydrogens (tertiary/aromatic N) is 3. The van der Waals surface area contributed by atoms with Crippen molar-refractivity contribution in [2.24, 2.45) is 0 Å². The lowest BCUT2D eigenvalue weighted by atomic mass is 10.3. The minimum absolute atomic E-state index is 0.132. The molecule has 1 N–H and O–H groups in total. The highest BCUT2D eigenvalue weighted by Gasteiger charge is 2.16. The second kappa shape index (κ2) is 6.83. The summed E-state index contributed by atoms with van der Waals surface area (Å²) in [4.78, 5) is 17.7. The number of nitrogens with one attached hydrogen (secondary N) is 1. The van der Waals surface area contributed by atoms with Crippen LogP contribution in [0.3, 0.4) is 0 Å². The third-order valence-electron chi connectivity index (χ3n) is 2.46. The summed E-state index contributed by atoms with van der Waals surface area (Å²) in [6, 6.07) is 0.